The van der Waals surface area contributed by atoms with Crippen LogP contribution in [0.2, 0.25) is 37.8 Å². The molecule has 1 aromatic carbocycles. The average molecular weight is 543 g/mol. The Kier molecular flexibility index (Phi) is 8.54. The van der Waals surface area contributed by atoms with Crippen LogP contribution < -0.4 is 11.2 Å². The van der Waals surface area contributed by atoms with Gasteiger partial charge in [0.05, 0.1) is 11.5 Å². The molecule has 0 spiro atoms. The number of hydrogen-bond donors (Lipinski definition) is 1. The summed E-state index contributed by atoms with van der Waals surface area (Å²) in [6, 6.07) is 10.0. The molecule has 1 aliphatic rings. The van der Waals surface area contributed by atoms with Crippen LogP contribution in [0.5, 0.6) is 0 Å². The van der Waals surface area contributed by atoms with Crippen molar-refractivity contribution < 1.29 is 18.7 Å². The second-order valence-corrected chi connectivity index (χ2v) is 21.4. The Morgan fingerprint density at radius 3 is 2.30 bits per heavy atom. The highest BCUT2D eigenvalue weighted by atomic mass is 28.4. The number of nitrogens with one attached hydrogen (secondary N) is 1. The van der Waals surface area contributed by atoms with Gasteiger partial charge in [-0.25, -0.2) is 9.59 Å². The van der Waals surface area contributed by atoms with Crippen molar-refractivity contribution in [3.8, 4) is 11.5 Å². The molecule has 0 bridgehead atoms. The molecule has 2 aromatic rings. The van der Waals surface area contributed by atoms with Gasteiger partial charge in [-0.05, 0) is 30.3 Å². The van der Waals surface area contributed by atoms with Crippen LogP contribution in [-0.4, -0.2) is 50.7 Å². The minimum absolute atomic E-state index is 0.0509. The van der Waals surface area contributed by atoms with Crippen LogP contribution in [-0.2, 0) is 13.9 Å². The predicted octanol–water partition coefficient (Wildman–Crippen LogP) is 4.18. The summed E-state index contributed by atoms with van der Waals surface area (Å²) in [6.07, 6.45) is -0.668. The SMILES string of the molecule is CC(C)(C)[Si](C)(C)O[C@@H]1[C@H](C#C[Si](C)(C)C)[C@@H](COC(=O)c2ccccc2)O[C@H]1n1ccc(=O)[nH]c1=O. The highest BCUT2D eigenvalue weighted by Gasteiger charge is 2.51. The molecule has 200 valence electrons. The number of nitrogens with zero attached hydrogens (tertiary/aromatic N) is 1. The van der Waals surface area contributed by atoms with Crippen molar-refractivity contribution in [3.63, 3.8) is 0 Å². The third-order valence-electron chi connectivity index (χ3n) is 6.71. The molecule has 1 aliphatic heterocycles. The van der Waals surface area contributed by atoms with E-state index >= 15 is 0 Å². The monoisotopic (exact) mass is 542 g/mol. The van der Waals surface area contributed by atoms with E-state index in [0.717, 1.165) is 0 Å². The molecule has 0 radical (unpaired) electrons. The first-order valence-electron chi connectivity index (χ1n) is 12.5. The number of carbonyl (C=O) groups excluding carboxylic acids is 1. The summed E-state index contributed by atoms with van der Waals surface area (Å²) in [5.74, 6) is 2.48. The summed E-state index contributed by atoms with van der Waals surface area (Å²) in [6.45, 7) is 17.1. The molecule has 10 heteroatoms. The van der Waals surface area contributed by atoms with E-state index in [2.05, 4.69) is 70.0 Å². The zero-order valence-corrected chi connectivity index (χ0v) is 25.0. The number of rotatable bonds is 6. The molecule has 1 saturated heterocycles. The standard InChI is InChI=1S/C27H38N2O6Si2/c1-27(2,3)37(7,8)35-23-20(15-17-36(4,5)6)21(18-33-25(31)19-12-10-9-11-13-19)34-24(23)29-16-14-22(30)28-26(29)32/h9-14,16,20-21,23-24H,18H2,1-8H3,(H,28,30,32)/t20-,21-,23-,24-/m1/s1. The van der Waals surface area contributed by atoms with Gasteiger partial charge in [0.15, 0.2) is 14.5 Å². The highest BCUT2D eigenvalue weighted by molar-refractivity contribution is 6.83. The smallest absolute Gasteiger partial charge is 0.338 e. The van der Waals surface area contributed by atoms with Crippen molar-refractivity contribution in [2.75, 3.05) is 6.61 Å². The number of aromatic nitrogens is 2. The fourth-order valence-corrected chi connectivity index (χ4v) is 5.56. The summed E-state index contributed by atoms with van der Waals surface area (Å²) >= 11 is 0. The van der Waals surface area contributed by atoms with Gasteiger partial charge in [0.25, 0.3) is 5.56 Å². The van der Waals surface area contributed by atoms with Crippen molar-refractivity contribution >= 4 is 22.4 Å². The van der Waals surface area contributed by atoms with Gasteiger partial charge in [-0.3, -0.25) is 14.3 Å². The Morgan fingerprint density at radius 1 is 1.08 bits per heavy atom. The number of carbonyl (C=O) groups is 1. The van der Waals surface area contributed by atoms with E-state index in [1.165, 1.54) is 16.8 Å². The van der Waals surface area contributed by atoms with Crippen LogP contribution in [0.25, 0.3) is 0 Å². The Morgan fingerprint density at radius 2 is 1.73 bits per heavy atom. The van der Waals surface area contributed by atoms with Gasteiger partial charge in [0.2, 0.25) is 0 Å². The highest BCUT2D eigenvalue weighted by Crippen LogP contribution is 2.43. The first-order valence-corrected chi connectivity index (χ1v) is 18.9. The van der Waals surface area contributed by atoms with E-state index in [-0.39, 0.29) is 11.6 Å². The van der Waals surface area contributed by atoms with E-state index in [9.17, 15) is 14.4 Å². The summed E-state index contributed by atoms with van der Waals surface area (Å²) in [4.78, 5) is 39.5. The molecule has 0 saturated carbocycles. The zero-order chi connectivity index (χ0) is 27.6. The minimum Gasteiger partial charge on any atom is -0.459 e. The second-order valence-electron chi connectivity index (χ2n) is 11.9. The van der Waals surface area contributed by atoms with Gasteiger partial charge in [-0.15, -0.1) is 11.5 Å². The number of hydrogen-bond acceptors (Lipinski definition) is 6. The summed E-state index contributed by atoms with van der Waals surface area (Å²) in [7, 11) is -4.13. The second kappa shape index (κ2) is 11.0. The van der Waals surface area contributed by atoms with E-state index in [0.29, 0.717) is 5.56 Å². The van der Waals surface area contributed by atoms with Crippen LogP contribution in [0.1, 0.15) is 37.4 Å². The molecule has 4 atom stereocenters. The molecule has 3 rings (SSSR count). The maximum Gasteiger partial charge on any atom is 0.338 e. The lowest BCUT2D eigenvalue weighted by atomic mass is 9.99. The molecule has 0 amide bonds. The number of benzene rings is 1. The van der Waals surface area contributed by atoms with Crippen LogP contribution in [0.4, 0.5) is 0 Å². The molecule has 8 nitrogen and oxygen atoms in total. The predicted molar refractivity (Wildman–Crippen MR) is 149 cm³/mol. The molecule has 0 unspecified atom stereocenters. The van der Waals surface area contributed by atoms with Gasteiger partial charge >= 0.3 is 11.7 Å². The molecule has 2 heterocycles. The zero-order valence-electron chi connectivity index (χ0n) is 23.0. The maximum absolute atomic E-state index is 12.8. The molecular weight excluding hydrogens is 504 g/mol. The first-order chi connectivity index (χ1) is 17.1. The summed E-state index contributed by atoms with van der Waals surface area (Å²) in [5.41, 5.74) is 2.77. The lowest BCUT2D eigenvalue weighted by Gasteiger charge is -2.40. The van der Waals surface area contributed by atoms with Crippen molar-refractivity contribution in [1.82, 2.24) is 9.55 Å². The largest absolute Gasteiger partial charge is 0.459 e. The van der Waals surface area contributed by atoms with Crippen LogP contribution in [0.15, 0.2) is 52.2 Å². The number of H-pyrrole nitrogens is 1. The third-order valence-corrected chi connectivity index (χ3v) is 12.1. The molecule has 0 aliphatic carbocycles. The average Bonchev–Trinajstić information content (AvgIpc) is 3.11. The van der Waals surface area contributed by atoms with E-state index < -0.39 is 58.0 Å². The number of ether oxygens (including phenoxy) is 2. The third kappa shape index (κ3) is 7.20. The van der Waals surface area contributed by atoms with Crippen LogP contribution in [0, 0.1) is 17.4 Å². The van der Waals surface area contributed by atoms with E-state index in [1.807, 2.05) is 6.07 Å². The lowest BCUT2D eigenvalue weighted by Crippen LogP contribution is -2.48. The van der Waals surface area contributed by atoms with E-state index in [1.54, 1.807) is 24.3 Å². The Labute approximate surface area is 220 Å². The molecule has 37 heavy (non-hydrogen) atoms. The Hall–Kier alpha value is -2.72. The maximum atomic E-state index is 12.8. The lowest BCUT2D eigenvalue weighted by molar-refractivity contribution is -0.0553. The molecule has 1 aromatic heterocycles. The first kappa shape index (κ1) is 28.8. The summed E-state index contributed by atoms with van der Waals surface area (Å²) < 4.78 is 20.2. The molecular formula is C27H38N2O6Si2. The fourth-order valence-electron chi connectivity index (χ4n) is 3.66. The van der Waals surface area contributed by atoms with Crippen molar-refractivity contribution in [1.29, 1.82) is 0 Å². The number of esters is 1. The molecule has 1 fully saturated rings. The van der Waals surface area contributed by atoms with Crippen molar-refractivity contribution in [2.45, 2.75) is 77.0 Å². The topological polar surface area (TPSA) is 99.6 Å². The van der Waals surface area contributed by atoms with Crippen molar-refractivity contribution in [3.05, 3.63) is 69.0 Å². The van der Waals surface area contributed by atoms with Crippen LogP contribution in [0.3, 0.4) is 0 Å². The van der Waals surface area contributed by atoms with Crippen LogP contribution >= 0.6 is 0 Å². The van der Waals surface area contributed by atoms with Gasteiger partial charge in [0.1, 0.15) is 26.9 Å². The van der Waals surface area contributed by atoms with Crippen molar-refractivity contribution in [2.24, 2.45) is 5.92 Å². The van der Waals surface area contributed by atoms with Gasteiger partial charge in [0, 0.05) is 12.3 Å². The fraction of sp³-hybridized carbons (Fsp3) is 0.519. The normalized spacial score (nSPS) is 22.3. The summed E-state index contributed by atoms with van der Waals surface area (Å²) in [5, 5.41) is -0.109. The quantitative estimate of drug-likeness (QED) is 0.334. The molecule has 1 N–H and O–H groups in total. The van der Waals surface area contributed by atoms with Gasteiger partial charge < -0.3 is 13.9 Å². The van der Waals surface area contributed by atoms with E-state index in [4.69, 9.17) is 13.9 Å². The Balaban J connectivity index is 2.04. The minimum atomic E-state index is -2.35. The van der Waals surface area contributed by atoms with Gasteiger partial charge in [-0.2, -0.15) is 0 Å². The Bertz CT molecular complexity index is 1280. The van der Waals surface area contributed by atoms with Gasteiger partial charge in [-0.1, -0.05) is 58.6 Å². The number of aromatic amines is 1.